The fourth-order valence-corrected chi connectivity index (χ4v) is 6.45. The van der Waals surface area contributed by atoms with Gasteiger partial charge in [0.2, 0.25) is 5.91 Å². The fraction of sp³-hybridized carbons (Fsp3) is 0.273. The number of carbonyl (C=O) groups is 3. The zero-order valence-electron chi connectivity index (χ0n) is 26.2. The third-order valence-corrected chi connectivity index (χ3v) is 8.80. The van der Waals surface area contributed by atoms with Gasteiger partial charge in [-0.1, -0.05) is 0 Å². The van der Waals surface area contributed by atoms with Gasteiger partial charge in [0.1, 0.15) is 23.4 Å². The van der Waals surface area contributed by atoms with Crippen LogP contribution in [0.15, 0.2) is 71.8 Å². The van der Waals surface area contributed by atoms with Gasteiger partial charge in [-0.3, -0.25) is 19.1 Å². The first-order chi connectivity index (χ1) is 23.1. The van der Waals surface area contributed by atoms with Crippen molar-refractivity contribution in [2.75, 3.05) is 43.7 Å². The molecule has 252 valence electrons. The smallest absolute Gasteiger partial charge is 0.411 e. The van der Waals surface area contributed by atoms with Crippen LogP contribution in [-0.2, 0) is 30.1 Å². The number of amides is 2. The van der Waals surface area contributed by atoms with Crippen molar-refractivity contribution in [2.24, 2.45) is 5.92 Å². The molecule has 1 saturated heterocycles. The highest BCUT2D eigenvalue weighted by Gasteiger charge is 2.46. The van der Waals surface area contributed by atoms with E-state index < -0.39 is 52.9 Å². The standard InChI is InChI=1S/C33H34FN5O8S/c1-4-47-21-7-9-26(34)24(17-21)28(37-19-5-8-22-18(15-19)11-13-36-30(22)35)31(40)39-14-12-23(32(41)45-2)29(39)25-16-20(38-33(42)46-3)6-10-27(25)48(43)44/h5-11,13,15-17,23,28-29,37H,4,12,14H2,1-3H3,(H2,35,36)(H,38,42)(H,43,44)/p-1/t23-,28+,29+/m0/s1. The van der Waals surface area contributed by atoms with E-state index in [1.165, 1.54) is 54.6 Å². The van der Waals surface area contributed by atoms with Crippen molar-refractivity contribution in [3.63, 3.8) is 0 Å². The van der Waals surface area contributed by atoms with E-state index >= 15 is 4.39 Å². The van der Waals surface area contributed by atoms with E-state index in [0.717, 1.165) is 7.11 Å². The number of aromatic nitrogens is 1. The average Bonchev–Trinajstić information content (AvgIpc) is 3.52. The maximum absolute atomic E-state index is 15.7. The Morgan fingerprint density at radius 2 is 1.85 bits per heavy atom. The minimum atomic E-state index is -2.81. The zero-order chi connectivity index (χ0) is 34.5. The maximum Gasteiger partial charge on any atom is 0.411 e. The highest BCUT2D eigenvalue weighted by molar-refractivity contribution is 7.79. The molecule has 15 heteroatoms. The summed E-state index contributed by atoms with van der Waals surface area (Å²) in [6, 6.07) is 12.3. The molecule has 2 heterocycles. The summed E-state index contributed by atoms with van der Waals surface area (Å²) in [6.07, 6.45) is 0.833. The first kappa shape index (κ1) is 34.1. The molecule has 0 spiro atoms. The van der Waals surface area contributed by atoms with Crippen molar-refractivity contribution < 1.29 is 41.7 Å². The number of hydrogen-bond donors (Lipinski definition) is 3. The van der Waals surface area contributed by atoms with Crippen LogP contribution in [0.25, 0.3) is 10.8 Å². The van der Waals surface area contributed by atoms with Crippen molar-refractivity contribution in [1.29, 1.82) is 0 Å². The number of nitrogens with one attached hydrogen (secondary N) is 2. The van der Waals surface area contributed by atoms with Crippen LogP contribution in [0.1, 0.15) is 36.6 Å². The lowest BCUT2D eigenvalue weighted by atomic mass is 9.92. The lowest BCUT2D eigenvalue weighted by molar-refractivity contribution is -0.147. The molecule has 3 aromatic carbocycles. The van der Waals surface area contributed by atoms with E-state index in [2.05, 4.69) is 20.4 Å². The summed E-state index contributed by atoms with van der Waals surface area (Å²) in [7, 11) is 2.35. The van der Waals surface area contributed by atoms with E-state index in [-0.39, 0.29) is 41.3 Å². The molecule has 13 nitrogen and oxygen atoms in total. The topological polar surface area (TPSA) is 185 Å². The quantitative estimate of drug-likeness (QED) is 0.156. The van der Waals surface area contributed by atoms with Gasteiger partial charge in [0.25, 0.3) is 0 Å². The number of nitrogens with zero attached hydrogens (tertiary/aromatic N) is 2. The van der Waals surface area contributed by atoms with Crippen LogP contribution in [0.5, 0.6) is 5.75 Å². The molecule has 1 unspecified atom stereocenters. The molecule has 2 amide bonds. The zero-order valence-corrected chi connectivity index (χ0v) is 27.0. The highest BCUT2D eigenvalue weighted by atomic mass is 32.2. The molecule has 48 heavy (non-hydrogen) atoms. The van der Waals surface area contributed by atoms with Crippen LogP contribution in [0.3, 0.4) is 0 Å². The molecule has 4 N–H and O–H groups in total. The van der Waals surface area contributed by atoms with Gasteiger partial charge >= 0.3 is 12.1 Å². The Kier molecular flexibility index (Phi) is 10.4. The summed E-state index contributed by atoms with van der Waals surface area (Å²) < 4.78 is 55.9. The maximum atomic E-state index is 15.7. The summed E-state index contributed by atoms with van der Waals surface area (Å²) >= 11 is -2.81. The third-order valence-electron chi connectivity index (χ3n) is 8.07. The monoisotopic (exact) mass is 678 g/mol. The number of ether oxygens (including phenoxy) is 3. The Hall–Kier alpha value is -5.28. The second-order valence-corrected chi connectivity index (χ2v) is 11.7. The third kappa shape index (κ3) is 7.01. The SMILES string of the molecule is CCOc1ccc(F)c([C@@H](Nc2ccc3c(N)nccc3c2)C(=O)N2CC[C@H](C(=O)OC)[C@@H]2c2cc(NC(=O)OC)ccc2S(=O)[O-])c1. The lowest BCUT2D eigenvalue weighted by Gasteiger charge is -2.33. The molecule has 0 saturated carbocycles. The molecule has 1 aliphatic rings. The number of nitrogen functional groups attached to an aromatic ring is 1. The molecule has 0 radical (unpaired) electrons. The van der Waals surface area contributed by atoms with Gasteiger partial charge in [-0.2, -0.15) is 0 Å². The van der Waals surface area contributed by atoms with Crippen LogP contribution in [-0.4, -0.2) is 64.0 Å². The Morgan fingerprint density at radius 1 is 1.08 bits per heavy atom. The number of methoxy groups -OCH3 is 2. The van der Waals surface area contributed by atoms with Gasteiger partial charge in [-0.25, -0.2) is 14.2 Å². The molecular formula is C33H33FN5O8S-. The van der Waals surface area contributed by atoms with Gasteiger partial charge in [0.15, 0.2) is 0 Å². The van der Waals surface area contributed by atoms with E-state index in [1.807, 2.05) is 0 Å². The normalized spacial score (nSPS) is 17.0. The van der Waals surface area contributed by atoms with Crippen LogP contribution in [0.4, 0.5) is 26.4 Å². The molecular weight excluding hydrogens is 645 g/mol. The molecule has 0 aliphatic carbocycles. The van der Waals surface area contributed by atoms with Crippen LogP contribution in [0.2, 0.25) is 0 Å². The largest absolute Gasteiger partial charge is 0.768 e. The first-order valence-electron chi connectivity index (χ1n) is 14.9. The number of pyridine rings is 1. The number of benzene rings is 3. The van der Waals surface area contributed by atoms with Crippen LogP contribution in [0, 0.1) is 11.7 Å². The minimum absolute atomic E-state index is 0.00622. The summed E-state index contributed by atoms with van der Waals surface area (Å²) in [5.41, 5.74) is 6.63. The van der Waals surface area contributed by atoms with Crippen LogP contribution < -0.4 is 21.1 Å². The van der Waals surface area contributed by atoms with Crippen molar-refractivity contribution in [3.8, 4) is 5.75 Å². The summed E-state index contributed by atoms with van der Waals surface area (Å²) in [5.74, 6) is -2.41. The van der Waals surface area contributed by atoms with Crippen molar-refractivity contribution in [2.45, 2.75) is 30.3 Å². The molecule has 0 bridgehead atoms. The second-order valence-electron chi connectivity index (χ2n) is 10.8. The first-order valence-corrected chi connectivity index (χ1v) is 15.9. The summed E-state index contributed by atoms with van der Waals surface area (Å²) in [5, 5.41) is 7.01. The van der Waals surface area contributed by atoms with E-state index in [0.29, 0.717) is 28.0 Å². The molecule has 5 rings (SSSR count). The lowest BCUT2D eigenvalue weighted by Crippen LogP contribution is -2.40. The number of esters is 1. The number of rotatable bonds is 10. The number of halogens is 1. The van der Waals surface area contributed by atoms with Crippen molar-refractivity contribution in [1.82, 2.24) is 9.88 Å². The van der Waals surface area contributed by atoms with Crippen molar-refractivity contribution in [3.05, 3.63) is 83.8 Å². The molecule has 4 aromatic rings. The fourth-order valence-electron chi connectivity index (χ4n) is 5.90. The van der Waals surface area contributed by atoms with Gasteiger partial charge in [-0.05, 0) is 96.0 Å². The number of carbonyl (C=O) groups excluding carboxylic acids is 3. The molecule has 1 aromatic heterocycles. The predicted molar refractivity (Wildman–Crippen MR) is 174 cm³/mol. The predicted octanol–water partition coefficient (Wildman–Crippen LogP) is 4.69. The molecule has 1 aliphatic heterocycles. The average molecular weight is 679 g/mol. The van der Waals surface area contributed by atoms with E-state index in [4.69, 9.17) is 15.2 Å². The van der Waals surface area contributed by atoms with Crippen LogP contribution >= 0.6 is 0 Å². The molecule has 4 atom stereocenters. The Balaban J connectivity index is 1.65. The Morgan fingerprint density at radius 3 is 2.56 bits per heavy atom. The van der Waals surface area contributed by atoms with E-state index in [1.54, 1.807) is 31.2 Å². The van der Waals surface area contributed by atoms with Gasteiger partial charge < -0.3 is 34.7 Å². The number of likely N-dealkylation sites (tertiary alicyclic amines) is 1. The van der Waals surface area contributed by atoms with Gasteiger partial charge in [0, 0.05) is 40.0 Å². The number of hydrogen-bond acceptors (Lipinski definition) is 11. The minimum Gasteiger partial charge on any atom is -0.768 e. The Labute approximate surface area is 277 Å². The highest BCUT2D eigenvalue weighted by Crippen LogP contribution is 2.43. The van der Waals surface area contributed by atoms with Gasteiger partial charge in [0.05, 0.1) is 32.8 Å². The number of anilines is 3. The number of nitrogens with two attached hydrogens (primary N) is 1. The molecule has 1 fully saturated rings. The number of fused-ring (bicyclic) bond motifs is 1. The van der Waals surface area contributed by atoms with Gasteiger partial charge in [-0.15, -0.1) is 0 Å². The summed E-state index contributed by atoms with van der Waals surface area (Å²) in [6.45, 7) is 2.05. The summed E-state index contributed by atoms with van der Waals surface area (Å²) in [4.78, 5) is 45.1. The van der Waals surface area contributed by atoms with E-state index in [9.17, 15) is 23.1 Å². The Bertz CT molecular complexity index is 1890. The second kappa shape index (κ2) is 14.6. The van der Waals surface area contributed by atoms with Crippen molar-refractivity contribution >= 4 is 57.0 Å².